The van der Waals surface area contributed by atoms with Crippen LogP contribution in [0.1, 0.15) is 25.7 Å². The van der Waals surface area contributed by atoms with Gasteiger partial charge in [0.1, 0.15) is 0 Å². The molecule has 2 unspecified atom stereocenters. The highest BCUT2D eigenvalue weighted by Crippen LogP contribution is 2.30. The lowest BCUT2D eigenvalue weighted by Crippen LogP contribution is -2.32. The van der Waals surface area contributed by atoms with Crippen LogP contribution in [-0.2, 0) is 9.59 Å². The average Bonchev–Trinajstić information content (AvgIpc) is 2.04. The molecular weight excluding hydrogens is 302 g/mol. The summed E-state index contributed by atoms with van der Waals surface area (Å²) in [7, 11) is 0. The number of carboxylic acids is 2. The van der Waals surface area contributed by atoms with Crippen LogP contribution in [0.3, 0.4) is 0 Å². The van der Waals surface area contributed by atoms with E-state index in [1.165, 1.54) is 0 Å². The molecule has 1 aliphatic carbocycles. The molecule has 1 saturated carbocycles. The highest BCUT2D eigenvalue weighted by molar-refractivity contribution is 5.86. The lowest BCUT2D eigenvalue weighted by molar-refractivity contribution is -0.155. The summed E-state index contributed by atoms with van der Waals surface area (Å²) in [5, 5.41) is 17.4. The molecule has 0 heterocycles. The number of halogens is 4. The van der Waals surface area contributed by atoms with E-state index in [4.69, 9.17) is 10.2 Å². The third-order valence-electron chi connectivity index (χ3n) is 2.40. The Morgan fingerprint density at radius 1 is 0.750 bits per heavy atom. The van der Waals surface area contributed by atoms with Crippen LogP contribution in [0, 0.1) is 11.8 Å². The summed E-state index contributed by atoms with van der Waals surface area (Å²) < 4.78 is 0. The van der Waals surface area contributed by atoms with E-state index in [0.717, 1.165) is 12.8 Å². The van der Waals surface area contributed by atoms with Crippen molar-refractivity contribution in [2.75, 3.05) is 0 Å². The lowest BCUT2D eigenvalue weighted by Gasteiger charge is -2.24. The maximum atomic E-state index is 10.6. The van der Waals surface area contributed by atoms with E-state index in [9.17, 15) is 9.59 Å². The van der Waals surface area contributed by atoms with Crippen molar-refractivity contribution < 1.29 is 19.8 Å². The number of carbonyl (C=O) groups is 2. The van der Waals surface area contributed by atoms with E-state index in [1.807, 2.05) is 0 Å². The molecule has 16 heavy (non-hydrogen) atoms. The molecule has 0 radical (unpaired) electrons. The van der Waals surface area contributed by atoms with Gasteiger partial charge in [0.2, 0.25) is 0 Å². The van der Waals surface area contributed by atoms with Crippen molar-refractivity contribution in [2.45, 2.75) is 25.7 Å². The summed E-state index contributed by atoms with van der Waals surface area (Å²) in [4.78, 5) is 21.2. The zero-order valence-corrected chi connectivity index (χ0v) is 11.6. The maximum absolute atomic E-state index is 10.6. The Morgan fingerprint density at radius 2 is 1.00 bits per heavy atom. The summed E-state index contributed by atoms with van der Waals surface area (Å²) in [6.07, 6.45) is 2.68. The minimum atomic E-state index is -0.970. The number of hydrogen-bond acceptors (Lipinski definition) is 2. The number of carboxylic acid groups (broad SMARTS) is 2. The van der Waals surface area contributed by atoms with E-state index in [1.54, 1.807) is 0 Å². The first-order valence-electron chi connectivity index (χ1n) is 4.08. The molecule has 1 aliphatic rings. The van der Waals surface area contributed by atoms with Gasteiger partial charge in [0, 0.05) is 0 Å². The van der Waals surface area contributed by atoms with Crippen LogP contribution in [0.4, 0.5) is 0 Å². The molecular formula is C8H16Cl4O4. The van der Waals surface area contributed by atoms with Gasteiger partial charge in [0.25, 0.3) is 0 Å². The fraction of sp³-hybridized carbons (Fsp3) is 0.750. The lowest BCUT2D eigenvalue weighted by atomic mass is 9.79. The van der Waals surface area contributed by atoms with Gasteiger partial charge in [-0.1, -0.05) is 12.8 Å². The molecule has 0 spiro atoms. The van der Waals surface area contributed by atoms with Crippen molar-refractivity contribution in [3.05, 3.63) is 0 Å². The smallest absolute Gasteiger partial charge is 0.307 e. The zero-order valence-electron chi connectivity index (χ0n) is 8.33. The summed E-state index contributed by atoms with van der Waals surface area (Å²) in [6.45, 7) is 0. The Hall–Kier alpha value is 0.1000. The second-order valence-corrected chi connectivity index (χ2v) is 3.17. The van der Waals surface area contributed by atoms with Gasteiger partial charge in [0.05, 0.1) is 11.8 Å². The SMILES string of the molecule is Cl.Cl.Cl.Cl.O=C(O)C1CCCCC1C(=O)O. The van der Waals surface area contributed by atoms with Gasteiger partial charge in [-0.2, -0.15) is 0 Å². The quantitative estimate of drug-likeness (QED) is 0.821. The van der Waals surface area contributed by atoms with Gasteiger partial charge in [-0.15, -0.1) is 49.6 Å². The van der Waals surface area contributed by atoms with Gasteiger partial charge >= 0.3 is 11.9 Å². The summed E-state index contributed by atoms with van der Waals surface area (Å²) in [6, 6.07) is 0. The highest BCUT2D eigenvalue weighted by atomic mass is 35.5. The van der Waals surface area contributed by atoms with Crippen LogP contribution in [0.2, 0.25) is 0 Å². The van der Waals surface area contributed by atoms with Crippen LogP contribution in [0.15, 0.2) is 0 Å². The number of aliphatic carboxylic acids is 2. The summed E-state index contributed by atoms with van der Waals surface area (Å²) in [5.41, 5.74) is 0. The Bertz CT molecular complexity index is 190. The second kappa shape index (κ2) is 11.6. The molecule has 0 aromatic carbocycles. The molecule has 1 fully saturated rings. The largest absolute Gasteiger partial charge is 0.481 e. The fourth-order valence-corrected chi connectivity index (χ4v) is 1.72. The van der Waals surface area contributed by atoms with Gasteiger partial charge in [-0.05, 0) is 12.8 Å². The van der Waals surface area contributed by atoms with Crippen molar-refractivity contribution in [1.29, 1.82) is 0 Å². The van der Waals surface area contributed by atoms with Gasteiger partial charge in [0.15, 0.2) is 0 Å². The molecule has 0 bridgehead atoms. The van der Waals surface area contributed by atoms with Gasteiger partial charge < -0.3 is 10.2 Å². The Morgan fingerprint density at radius 3 is 1.19 bits per heavy atom. The second-order valence-electron chi connectivity index (χ2n) is 3.17. The predicted octanol–water partition coefficient (Wildman–Crippen LogP) is 2.65. The van der Waals surface area contributed by atoms with Gasteiger partial charge in [-0.3, -0.25) is 9.59 Å². The van der Waals surface area contributed by atoms with E-state index < -0.39 is 23.8 Å². The standard InChI is InChI=1S/C8H12O4.4ClH/c9-7(10)5-3-1-2-4-6(5)8(11)12;;;;/h5-6H,1-4H2,(H,9,10)(H,11,12);4*1H. The third kappa shape index (κ3) is 6.63. The van der Waals surface area contributed by atoms with Gasteiger partial charge in [-0.25, -0.2) is 0 Å². The highest BCUT2D eigenvalue weighted by Gasteiger charge is 2.35. The first-order chi connectivity index (χ1) is 5.63. The molecule has 4 nitrogen and oxygen atoms in total. The molecule has 100 valence electrons. The molecule has 2 N–H and O–H groups in total. The van der Waals surface area contributed by atoms with Crippen LogP contribution in [0.5, 0.6) is 0 Å². The predicted molar refractivity (Wildman–Crippen MR) is 69.7 cm³/mol. The van der Waals surface area contributed by atoms with Crippen LogP contribution >= 0.6 is 49.6 Å². The monoisotopic (exact) mass is 316 g/mol. The molecule has 8 heteroatoms. The third-order valence-corrected chi connectivity index (χ3v) is 2.40. The van der Waals surface area contributed by atoms with E-state index >= 15 is 0 Å². The van der Waals surface area contributed by atoms with E-state index in [2.05, 4.69) is 0 Å². The number of hydrogen-bond donors (Lipinski definition) is 2. The number of rotatable bonds is 2. The van der Waals surface area contributed by atoms with Crippen LogP contribution < -0.4 is 0 Å². The normalized spacial score (nSPS) is 22.2. The molecule has 1 rings (SSSR count). The first-order valence-corrected chi connectivity index (χ1v) is 4.08. The Balaban J connectivity index is -0.000000180. The van der Waals surface area contributed by atoms with Crippen molar-refractivity contribution in [3.63, 3.8) is 0 Å². The minimum absolute atomic E-state index is 0. The molecule has 0 aliphatic heterocycles. The van der Waals surface area contributed by atoms with E-state index in [0.29, 0.717) is 12.8 Å². The maximum Gasteiger partial charge on any atom is 0.307 e. The molecule has 0 saturated heterocycles. The summed E-state index contributed by atoms with van der Waals surface area (Å²) in [5.74, 6) is -3.28. The van der Waals surface area contributed by atoms with E-state index in [-0.39, 0.29) is 49.6 Å². The van der Waals surface area contributed by atoms with Crippen LogP contribution in [0.25, 0.3) is 0 Å². The molecule has 2 atom stereocenters. The zero-order chi connectivity index (χ0) is 9.14. The summed E-state index contributed by atoms with van der Waals surface area (Å²) >= 11 is 0. The average molecular weight is 318 g/mol. The van der Waals surface area contributed by atoms with Crippen molar-refractivity contribution >= 4 is 61.6 Å². The van der Waals surface area contributed by atoms with Crippen molar-refractivity contribution in [1.82, 2.24) is 0 Å². The Labute approximate surface area is 119 Å². The van der Waals surface area contributed by atoms with Crippen molar-refractivity contribution in [2.24, 2.45) is 11.8 Å². The molecule has 0 aromatic heterocycles. The molecule has 0 amide bonds. The Kier molecular flexibility index (Phi) is 18.1. The first kappa shape index (κ1) is 25.1. The molecule has 0 aromatic rings. The van der Waals surface area contributed by atoms with Crippen LogP contribution in [-0.4, -0.2) is 22.2 Å². The minimum Gasteiger partial charge on any atom is -0.481 e. The van der Waals surface area contributed by atoms with Crippen molar-refractivity contribution in [3.8, 4) is 0 Å². The topological polar surface area (TPSA) is 74.6 Å². The fourth-order valence-electron chi connectivity index (χ4n) is 1.72.